The molecule has 3 aromatic carbocycles. The third kappa shape index (κ3) is 4.48. The molecule has 0 aliphatic carbocycles. The molecule has 0 N–H and O–H groups in total. The van der Waals surface area contributed by atoms with Gasteiger partial charge in [0.2, 0.25) is 0 Å². The third-order valence-corrected chi connectivity index (χ3v) is 7.13. The fraction of sp³-hybridized carbons (Fsp3) is 0.321. The molecule has 0 spiro atoms. The molecule has 0 saturated carbocycles. The van der Waals surface area contributed by atoms with E-state index in [1.165, 1.54) is 43.1 Å². The van der Waals surface area contributed by atoms with Gasteiger partial charge in [0.15, 0.2) is 0 Å². The summed E-state index contributed by atoms with van der Waals surface area (Å²) in [6.07, 6.45) is -3.48. The Morgan fingerprint density at radius 2 is 1.55 bits per heavy atom. The lowest BCUT2D eigenvalue weighted by Crippen LogP contribution is -2.38. The van der Waals surface area contributed by atoms with E-state index in [2.05, 4.69) is 0 Å². The Labute approximate surface area is 216 Å². The van der Waals surface area contributed by atoms with Crippen molar-refractivity contribution < 1.29 is 27.0 Å². The zero-order valence-electron chi connectivity index (χ0n) is 21.0. The highest BCUT2D eigenvalue weighted by Crippen LogP contribution is 2.37. The number of para-hydroxylation sites is 2. The molecule has 0 radical (unpaired) electrons. The largest absolute Gasteiger partial charge is 0.494 e. The summed E-state index contributed by atoms with van der Waals surface area (Å²) in [6, 6.07) is 14.9. The van der Waals surface area contributed by atoms with Crippen molar-refractivity contribution in [3.63, 3.8) is 0 Å². The van der Waals surface area contributed by atoms with E-state index < -0.39 is 17.4 Å². The number of piperidine rings is 1. The van der Waals surface area contributed by atoms with Crippen LogP contribution in [-0.2, 0) is 12.7 Å². The van der Waals surface area contributed by atoms with Crippen LogP contribution in [0.15, 0.2) is 65.5 Å². The van der Waals surface area contributed by atoms with Crippen LogP contribution in [0.4, 0.5) is 23.2 Å². The van der Waals surface area contributed by atoms with E-state index in [1.54, 1.807) is 34.9 Å². The smallest absolute Gasteiger partial charge is 0.416 e. The number of anilines is 1. The van der Waals surface area contributed by atoms with Crippen molar-refractivity contribution in [2.24, 2.45) is 0 Å². The molecule has 1 aliphatic heterocycles. The van der Waals surface area contributed by atoms with Crippen molar-refractivity contribution >= 4 is 16.7 Å². The summed E-state index contributed by atoms with van der Waals surface area (Å²) < 4.78 is 69.6. The predicted molar refractivity (Wildman–Crippen MR) is 137 cm³/mol. The second-order valence-corrected chi connectivity index (χ2v) is 9.23. The molecule has 200 valence electrons. The number of aromatic nitrogens is 2. The highest BCUT2D eigenvalue weighted by molar-refractivity contribution is 5.83. The first-order chi connectivity index (χ1) is 18.2. The van der Waals surface area contributed by atoms with Gasteiger partial charge in [0, 0.05) is 19.1 Å². The average molecular weight is 530 g/mol. The number of benzene rings is 3. The normalized spacial score (nSPS) is 14.7. The number of imidazole rings is 1. The maximum Gasteiger partial charge on any atom is 0.416 e. The molecule has 10 heteroatoms. The van der Waals surface area contributed by atoms with Crippen LogP contribution in [-0.4, -0.2) is 36.4 Å². The van der Waals surface area contributed by atoms with E-state index in [0.717, 1.165) is 6.07 Å². The fourth-order valence-electron chi connectivity index (χ4n) is 5.39. The molecule has 1 aliphatic rings. The van der Waals surface area contributed by atoms with E-state index in [0.29, 0.717) is 54.2 Å². The quantitative estimate of drug-likeness (QED) is 0.293. The lowest BCUT2D eigenvalue weighted by atomic mass is 10.0. The zero-order chi connectivity index (χ0) is 27.0. The topological polar surface area (TPSA) is 48.6 Å². The summed E-state index contributed by atoms with van der Waals surface area (Å²) in [5, 5.41) is 0. The molecule has 0 unspecified atom stereocenters. The number of methoxy groups -OCH3 is 2. The number of nitrogens with zero attached hydrogens (tertiary/aromatic N) is 3. The molecule has 4 aromatic rings. The molecule has 2 heterocycles. The Kier molecular flexibility index (Phi) is 6.81. The summed E-state index contributed by atoms with van der Waals surface area (Å²) in [7, 11) is 2.95. The molecule has 1 saturated heterocycles. The molecule has 1 aromatic heterocycles. The number of fused-ring (bicyclic) bond motifs is 1. The number of halogens is 4. The fourth-order valence-corrected chi connectivity index (χ4v) is 5.39. The Morgan fingerprint density at radius 3 is 2.24 bits per heavy atom. The van der Waals surface area contributed by atoms with Crippen molar-refractivity contribution in [1.29, 1.82) is 0 Å². The van der Waals surface area contributed by atoms with Gasteiger partial charge in [0.1, 0.15) is 28.5 Å². The van der Waals surface area contributed by atoms with Crippen molar-refractivity contribution in [2.45, 2.75) is 31.6 Å². The van der Waals surface area contributed by atoms with E-state index in [-0.39, 0.29) is 24.0 Å². The molecule has 6 nitrogen and oxygen atoms in total. The second kappa shape index (κ2) is 10.1. The zero-order valence-corrected chi connectivity index (χ0v) is 21.0. The lowest BCUT2D eigenvalue weighted by molar-refractivity contribution is -0.138. The molecule has 0 bridgehead atoms. The number of alkyl halides is 3. The van der Waals surface area contributed by atoms with Crippen LogP contribution in [0.5, 0.6) is 11.5 Å². The van der Waals surface area contributed by atoms with Gasteiger partial charge in [-0.2, -0.15) is 13.2 Å². The van der Waals surface area contributed by atoms with Gasteiger partial charge in [0.05, 0.1) is 31.8 Å². The Balaban J connectivity index is 1.54. The monoisotopic (exact) mass is 529 g/mol. The minimum Gasteiger partial charge on any atom is -0.494 e. The van der Waals surface area contributed by atoms with Gasteiger partial charge in [-0.05, 0) is 48.7 Å². The SMILES string of the molecule is COc1cccc(F)c1N1CCC(n2c(=O)n(Cc3ccccc3C(F)(F)F)c3c(OC)cccc32)CC1. The Hall–Kier alpha value is -3.95. The van der Waals surface area contributed by atoms with E-state index >= 15 is 0 Å². The predicted octanol–water partition coefficient (Wildman–Crippen LogP) is 5.87. The Morgan fingerprint density at radius 1 is 0.895 bits per heavy atom. The molecule has 0 amide bonds. The summed E-state index contributed by atoms with van der Waals surface area (Å²) in [4.78, 5) is 15.7. The summed E-state index contributed by atoms with van der Waals surface area (Å²) in [6.45, 7) is 0.688. The van der Waals surface area contributed by atoms with Crippen LogP contribution in [0, 0.1) is 5.82 Å². The van der Waals surface area contributed by atoms with Crippen LogP contribution < -0.4 is 20.1 Å². The summed E-state index contributed by atoms with van der Waals surface area (Å²) in [5.41, 5.74) is 0.205. The molecule has 0 atom stereocenters. The van der Waals surface area contributed by atoms with Crippen molar-refractivity contribution in [3.05, 3.63) is 88.1 Å². The standard InChI is InChI=1S/C28H27F4N3O3/c1-37-23-11-5-9-21(29)25(23)33-15-13-19(14-16-33)35-22-10-6-12-24(38-2)26(22)34(27(35)36)17-18-7-3-4-8-20(18)28(30,31)32/h3-12,19H,13-17H2,1-2H3. The first-order valence-corrected chi connectivity index (χ1v) is 12.2. The van der Waals surface area contributed by atoms with Crippen molar-refractivity contribution in [3.8, 4) is 11.5 Å². The number of hydrogen-bond donors (Lipinski definition) is 0. The molecular formula is C28H27F4N3O3. The molecule has 38 heavy (non-hydrogen) atoms. The maximum atomic E-state index is 14.7. The second-order valence-electron chi connectivity index (χ2n) is 9.23. The molecule has 1 fully saturated rings. The van der Waals surface area contributed by atoms with Gasteiger partial charge in [0.25, 0.3) is 0 Å². The van der Waals surface area contributed by atoms with E-state index in [9.17, 15) is 22.4 Å². The first-order valence-electron chi connectivity index (χ1n) is 12.2. The van der Waals surface area contributed by atoms with Crippen molar-refractivity contribution in [1.82, 2.24) is 9.13 Å². The molecular weight excluding hydrogens is 502 g/mol. The van der Waals surface area contributed by atoms with Gasteiger partial charge in [-0.1, -0.05) is 30.3 Å². The van der Waals surface area contributed by atoms with E-state index in [4.69, 9.17) is 9.47 Å². The lowest BCUT2D eigenvalue weighted by Gasteiger charge is -2.34. The summed E-state index contributed by atoms with van der Waals surface area (Å²) in [5.74, 6) is 0.450. The summed E-state index contributed by atoms with van der Waals surface area (Å²) >= 11 is 0. The van der Waals surface area contributed by atoms with Crippen LogP contribution in [0.3, 0.4) is 0 Å². The van der Waals surface area contributed by atoms with E-state index in [1.807, 2.05) is 4.90 Å². The number of hydrogen-bond acceptors (Lipinski definition) is 4. The number of ether oxygens (including phenoxy) is 2. The number of rotatable bonds is 6. The van der Waals surface area contributed by atoms with Gasteiger partial charge >= 0.3 is 11.9 Å². The highest BCUT2D eigenvalue weighted by atomic mass is 19.4. The maximum absolute atomic E-state index is 14.7. The van der Waals surface area contributed by atoms with Crippen LogP contribution >= 0.6 is 0 Å². The molecule has 5 rings (SSSR count). The van der Waals surface area contributed by atoms with Gasteiger partial charge in [-0.15, -0.1) is 0 Å². The van der Waals surface area contributed by atoms with Gasteiger partial charge in [-0.3, -0.25) is 9.13 Å². The first kappa shape index (κ1) is 25.7. The minimum atomic E-state index is -4.55. The average Bonchev–Trinajstić information content (AvgIpc) is 3.19. The van der Waals surface area contributed by atoms with Crippen LogP contribution in [0.1, 0.15) is 30.0 Å². The minimum absolute atomic E-state index is 0.00600. The van der Waals surface area contributed by atoms with Crippen LogP contribution in [0.25, 0.3) is 11.0 Å². The van der Waals surface area contributed by atoms with Gasteiger partial charge < -0.3 is 14.4 Å². The van der Waals surface area contributed by atoms with Crippen LogP contribution in [0.2, 0.25) is 0 Å². The van der Waals surface area contributed by atoms with Gasteiger partial charge in [-0.25, -0.2) is 9.18 Å². The van der Waals surface area contributed by atoms with Crippen molar-refractivity contribution in [2.75, 3.05) is 32.2 Å². The Bertz CT molecular complexity index is 1520. The third-order valence-electron chi connectivity index (χ3n) is 7.13. The highest BCUT2D eigenvalue weighted by Gasteiger charge is 2.34.